The molecule has 0 spiro atoms. The third-order valence-electron chi connectivity index (χ3n) is 2.97. The maximum absolute atomic E-state index is 12.4. The van der Waals surface area contributed by atoms with E-state index in [0.29, 0.717) is 25.9 Å². The quantitative estimate of drug-likeness (QED) is 0.781. The summed E-state index contributed by atoms with van der Waals surface area (Å²) in [5, 5.41) is 0.246. The molecule has 2 heterocycles. The van der Waals surface area contributed by atoms with Crippen molar-refractivity contribution in [3.63, 3.8) is 0 Å². The first-order valence-electron chi connectivity index (χ1n) is 5.65. The van der Waals surface area contributed by atoms with E-state index in [0.717, 1.165) is 11.5 Å². The van der Waals surface area contributed by atoms with Crippen LogP contribution in [0, 0.1) is 5.92 Å². The van der Waals surface area contributed by atoms with E-state index in [1.54, 1.807) is 4.90 Å². The third kappa shape index (κ3) is 3.14. The lowest BCUT2D eigenvalue weighted by molar-refractivity contribution is -0.146. The summed E-state index contributed by atoms with van der Waals surface area (Å²) in [5.41, 5.74) is 0. The van der Waals surface area contributed by atoms with Gasteiger partial charge in [-0.15, -0.1) is 0 Å². The van der Waals surface area contributed by atoms with Crippen LogP contribution >= 0.6 is 11.5 Å². The van der Waals surface area contributed by atoms with Gasteiger partial charge in [0.05, 0.1) is 13.0 Å². The Labute approximate surface area is 111 Å². The number of hydrogen-bond acceptors (Lipinski definition) is 6. The number of carbonyl (C=O) groups is 1. The standard InChI is InChI=1S/C10H12F3N3O2S/c1-18-7(17)6-2-4-16(5-3-6)9-14-8(15-19-9)10(11,12)13/h6H,2-5H2,1H3. The van der Waals surface area contributed by atoms with Crippen LogP contribution in [0.3, 0.4) is 0 Å². The summed E-state index contributed by atoms with van der Waals surface area (Å²) in [6.45, 7) is 0.957. The molecule has 1 fully saturated rings. The van der Waals surface area contributed by atoms with Crippen molar-refractivity contribution in [1.82, 2.24) is 9.36 Å². The molecule has 0 atom stereocenters. The van der Waals surface area contributed by atoms with Gasteiger partial charge in [-0.25, -0.2) is 0 Å². The molecule has 9 heteroatoms. The highest BCUT2D eigenvalue weighted by atomic mass is 32.1. The second-order valence-electron chi connectivity index (χ2n) is 4.18. The Morgan fingerprint density at radius 3 is 2.53 bits per heavy atom. The molecular formula is C10H12F3N3O2S. The van der Waals surface area contributed by atoms with Crippen LogP contribution in [0.5, 0.6) is 0 Å². The number of aromatic nitrogens is 2. The predicted molar refractivity (Wildman–Crippen MR) is 61.9 cm³/mol. The number of esters is 1. The van der Waals surface area contributed by atoms with Crippen LogP contribution in [0.2, 0.25) is 0 Å². The van der Waals surface area contributed by atoms with Crippen molar-refractivity contribution in [3.05, 3.63) is 5.82 Å². The number of halogens is 3. The van der Waals surface area contributed by atoms with Gasteiger partial charge in [0.15, 0.2) is 0 Å². The Morgan fingerprint density at radius 1 is 1.42 bits per heavy atom. The van der Waals surface area contributed by atoms with Crippen LogP contribution in [0.4, 0.5) is 18.3 Å². The van der Waals surface area contributed by atoms with E-state index < -0.39 is 12.0 Å². The predicted octanol–water partition coefficient (Wildman–Crippen LogP) is 1.95. The zero-order valence-electron chi connectivity index (χ0n) is 10.1. The van der Waals surface area contributed by atoms with Crippen LogP contribution in [-0.2, 0) is 15.7 Å². The first-order valence-corrected chi connectivity index (χ1v) is 6.43. The molecule has 0 aliphatic carbocycles. The Bertz CT molecular complexity index is 455. The fourth-order valence-corrected chi connectivity index (χ4v) is 2.67. The Morgan fingerprint density at radius 2 is 2.05 bits per heavy atom. The molecular weight excluding hydrogens is 283 g/mol. The molecule has 1 aliphatic heterocycles. The second kappa shape index (κ2) is 5.32. The average Bonchev–Trinajstić information content (AvgIpc) is 2.87. The summed E-state index contributed by atoms with van der Waals surface area (Å²) in [4.78, 5) is 16.5. The van der Waals surface area contributed by atoms with E-state index in [1.165, 1.54) is 7.11 Å². The lowest BCUT2D eigenvalue weighted by atomic mass is 9.97. The Hall–Kier alpha value is -1.38. The van der Waals surface area contributed by atoms with Gasteiger partial charge in [0.2, 0.25) is 11.0 Å². The normalized spacial score (nSPS) is 17.6. The van der Waals surface area contributed by atoms with Gasteiger partial charge in [-0.05, 0) is 12.8 Å². The largest absolute Gasteiger partial charge is 0.469 e. The minimum atomic E-state index is -4.51. The van der Waals surface area contributed by atoms with Crippen LogP contribution < -0.4 is 4.90 Å². The Kier molecular flexibility index (Phi) is 3.93. The third-order valence-corrected chi connectivity index (χ3v) is 3.75. The number of hydrogen-bond donors (Lipinski definition) is 0. The molecule has 106 valence electrons. The number of piperidine rings is 1. The summed E-state index contributed by atoms with van der Waals surface area (Å²) in [6.07, 6.45) is -3.42. The number of methoxy groups -OCH3 is 1. The van der Waals surface area contributed by atoms with Gasteiger partial charge >= 0.3 is 12.1 Å². The van der Waals surface area contributed by atoms with E-state index in [-0.39, 0.29) is 17.0 Å². The van der Waals surface area contributed by atoms with Crippen LogP contribution in [0.15, 0.2) is 0 Å². The minimum absolute atomic E-state index is 0.184. The van der Waals surface area contributed by atoms with E-state index in [9.17, 15) is 18.0 Å². The number of nitrogens with zero attached hydrogens (tertiary/aromatic N) is 3. The number of alkyl halides is 3. The molecule has 0 radical (unpaired) electrons. The number of carbonyl (C=O) groups excluding carboxylic acids is 1. The van der Waals surface area contributed by atoms with Crippen molar-refractivity contribution < 1.29 is 22.7 Å². The van der Waals surface area contributed by atoms with Gasteiger partial charge in [0.25, 0.3) is 0 Å². The first kappa shape index (κ1) is 14.0. The van der Waals surface area contributed by atoms with E-state index >= 15 is 0 Å². The van der Waals surface area contributed by atoms with Crippen LogP contribution in [-0.4, -0.2) is 35.5 Å². The molecule has 1 saturated heterocycles. The van der Waals surface area contributed by atoms with Gasteiger partial charge in [0.1, 0.15) is 0 Å². The van der Waals surface area contributed by atoms with Crippen molar-refractivity contribution in [2.24, 2.45) is 5.92 Å². The zero-order valence-corrected chi connectivity index (χ0v) is 10.9. The van der Waals surface area contributed by atoms with Gasteiger partial charge in [-0.2, -0.15) is 22.5 Å². The zero-order chi connectivity index (χ0) is 14.0. The topological polar surface area (TPSA) is 55.3 Å². The summed E-state index contributed by atoms with van der Waals surface area (Å²) in [6, 6.07) is 0. The molecule has 1 aromatic rings. The van der Waals surface area contributed by atoms with Gasteiger partial charge in [-0.1, -0.05) is 0 Å². The highest BCUT2D eigenvalue weighted by Crippen LogP contribution is 2.31. The molecule has 1 aliphatic rings. The first-order chi connectivity index (χ1) is 8.91. The summed E-state index contributed by atoms with van der Waals surface area (Å²) in [5.74, 6) is -1.56. The second-order valence-corrected chi connectivity index (χ2v) is 4.91. The molecule has 2 rings (SSSR count). The van der Waals surface area contributed by atoms with Crippen molar-refractivity contribution >= 4 is 22.6 Å². The smallest absolute Gasteiger partial charge is 0.452 e. The SMILES string of the molecule is COC(=O)C1CCN(c2nc(C(F)(F)F)ns2)CC1. The highest BCUT2D eigenvalue weighted by Gasteiger charge is 2.37. The van der Waals surface area contributed by atoms with Gasteiger partial charge < -0.3 is 9.64 Å². The molecule has 0 bridgehead atoms. The van der Waals surface area contributed by atoms with E-state index in [1.807, 2.05) is 0 Å². The number of rotatable bonds is 2. The van der Waals surface area contributed by atoms with Crippen molar-refractivity contribution in [3.8, 4) is 0 Å². The summed E-state index contributed by atoms with van der Waals surface area (Å²) < 4.78 is 45.1. The van der Waals surface area contributed by atoms with Crippen molar-refractivity contribution in [2.45, 2.75) is 19.0 Å². The monoisotopic (exact) mass is 295 g/mol. The maximum atomic E-state index is 12.4. The van der Waals surface area contributed by atoms with E-state index in [2.05, 4.69) is 14.1 Å². The number of ether oxygens (including phenoxy) is 1. The minimum Gasteiger partial charge on any atom is -0.469 e. The molecule has 0 saturated carbocycles. The van der Waals surface area contributed by atoms with Gasteiger partial charge in [-0.3, -0.25) is 4.79 Å². The van der Waals surface area contributed by atoms with Crippen molar-refractivity contribution in [2.75, 3.05) is 25.1 Å². The highest BCUT2D eigenvalue weighted by molar-refractivity contribution is 7.09. The number of anilines is 1. The fraction of sp³-hybridized carbons (Fsp3) is 0.700. The molecule has 0 unspecified atom stereocenters. The summed E-state index contributed by atoms with van der Waals surface area (Å²) >= 11 is 0.727. The molecule has 0 N–H and O–H groups in total. The van der Waals surface area contributed by atoms with E-state index in [4.69, 9.17) is 0 Å². The Balaban J connectivity index is 1.98. The molecule has 5 nitrogen and oxygen atoms in total. The van der Waals surface area contributed by atoms with Crippen LogP contribution in [0.25, 0.3) is 0 Å². The average molecular weight is 295 g/mol. The van der Waals surface area contributed by atoms with Crippen LogP contribution in [0.1, 0.15) is 18.7 Å². The fourth-order valence-electron chi connectivity index (χ4n) is 1.93. The molecule has 0 aromatic carbocycles. The maximum Gasteiger partial charge on any atom is 0.452 e. The van der Waals surface area contributed by atoms with Gasteiger partial charge in [0, 0.05) is 24.6 Å². The summed E-state index contributed by atoms with van der Waals surface area (Å²) in [7, 11) is 1.33. The molecule has 19 heavy (non-hydrogen) atoms. The van der Waals surface area contributed by atoms with Crippen molar-refractivity contribution in [1.29, 1.82) is 0 Å². The lowest BCUT2D eigenvalue weighted by Gasteiger charge is -2.29. The molecule has 0 amide bonds. The molecule has 1 aromatic heterocycles. The lowest BCUT2D eigenvalue weighted by Crippen LogP contribution is -2.36.